The minimum Gasteiger partial charge on any atom is -0.489 e. The molecule has 1 aliphatic rings. The van der Waals surface area contributed by atoms with Gasteiger partial charge in [-0.05, 0) is 41.3 Å². The summed E-state index contributed by atoms with van der Waals surface area (Å²) in [5, 5.41) is 10.1. The number of amides is 1. The number of fused-ring (bicyclic) bond motifs is 1. The number of carbonyl (C=O) groups is 1. The molecule has 0 aliphatic carbocycles. The number of aromatic nitrogens is 2. The number of thiophene rings is 1. The van der Waals surface area contributed by atoms with Crippen molar-refractivity contribution in [2.24, 2.45) is 0 Å². The summed E-state index contributed by atoms with van der Waals surface area (Å²) >= 11 is 13.4. The van der Waals surface area contributed by atoms with Crippen LogP contribution in [0.2, 0.25) is 10.0 Å². The molecule has 0 atom stereocenters. The van der Waals surface area contributed by atoms with E-state index < -0.39 is 0 Å². The van der Waals surface area contributed by atoms with Gasteiger partial charge in [0.25, 0.3) is 5.91 Å². The van der Waals surface area contributed by atoms with Crippen LogP contribution < -0.4 is 19.5 Å². The number of anilines is 1. The molecule has 0 saturated heterocycles. The third kappa shape index (κ3) is 5.08. The van der Waals surface area contributed by atoms with Crippen molar-refractivity contribution in [2.75, 3.05) is 12.1 Å². The summed E-state index contributed by atoms with van der Waals surface area (Å²) in [6.45, 7) is 1.06. The van der Waals surface area contributed by atoms with E-state index in [0.717, 1.165) is 11.1 Å². The summed E-state index contributed by atoms with van der Waals surface area (Å²) in [6.07, 6.45) is 1.79. The van der Waals surface area contributed by atoms with Crippen LogP contribution in [0.3, 0.4) is 0 Å². The van der Waals surface area contributed by atoms with E-state index in [-0.39, 0.29) is 12.7 Å². The maximum Gasteiger partial charge on any atom is 0.266 e. The van der Waals surface area contributed by atoms with Crippen molar-refractivity contribution >= 4 is 46.3 Å². The average Bonchev–Trinajstić information content (AvgIpc) is 3.55. The summed E-state index contributed by atoms with van der Waals surface area (Å²) in [5.41, 5.74) is 1.85. The molecule has 0 unspecified atom stereocenters. The van der Waals surface area contributed by atoms with E-state index in [2.05, 4.69) is 10.4 Å². The normalized spacial score (nSPS) is 12.1. The number of hydrogen-bond donors (Lipinski definition) is 1. The van der Waals surface area contributed by atoms with Gasteiger partial charge in [0, 0.05) is 23.9 Å². The number of nitrogens with zero attached hydrogens (tertiary/aromatic N) is 2. The van der Waals surface area contributed by atoms with E-state index in [1.54, 1.807) is 41.2 Å². The molecule has 0 fully saturated rings. The molecule has 0 saturated carbocycles. The Morgan fingerprint density at radius 1 is 1.06 bits per heavy atom. The Morgan fingerprint density at radius 3 is 2.82 bits per heavy atom. The van der Waals surface area contributed by atoms with E-state index >= 15 is 0 Å². The maximum absolute atomic E-state index is 12.6. The minimum atomic E-state index is -0.228. The predicted octanol–water partition coefficient (Wildman–Crippen LogP) is 5.86. The summed E-state index contributed by atoms with van der Waals surface area (Å²) in [5.74, 6) is 2.28. The number of nitrogens with one attached hydrogen (secondary N) is 1. The zero-order valence-electron chi connectivity index (χ0n) is 17.1. The first-order chi connectivity index (χ1) is 16.0. The Morgan fingerprint density at radius 2 is 1.94 bits per heavy atom. The Kier molecular flexibility index (Phi) is 6.13. The third-order valence-corrected chi connectivity index (χ3v) is 6.55. The van der Waals surface area contributed by atoms with E-state index in [9.17, 15) is 4.79 Å². The zero-order chi connectivity index (χ0) is 22.8. The Balaban J connectivity index is 1.17. The summed E-state index contributed by atoms with van der Waals surface area (Å²) in [4.78, 5) is 13.2. The lowest BCUT2D eigenvalue weighted by atomic mass is 10.2. The standard InChI is InChI=1S/C23H17Cl2N3O4S/c24-17-3-1-14(7-18(17)25)10-28-6-5-22(27-28)26-23(29)21-8-15(12-33-21)11-30-16-2-4-19-20(9-16)32-13-31-19/h1-9,12H,10-11,13H2,(H,26,27,29). The first-order valence-corrected chi connectivity index (χ1v) is 11.6. The lowest BCUT2D eigenvalue weighted by molar-refractivity contribution is 0.103. The third-order valence-electron chi connectivity index (χ3n) is 4.84. The molecular formula is C23H17Cl2N3O4S. The van der Waals surface area contributed by atoms with Crippen LogP contribution in [-0.2, 0) is 13.2 Å². The number of rotatable bonds is 7. The van der Waals surface area contributed by atoms with Crippen LogP contribution in [0.5, 0.6) is 17.2 Å². The van der Waals surface area contributed by atoms with E-state index in [4.69, 9.17) is 37.4 Å². The lowest BCUT2D eigenvalue weighted by Gasteiger charge is -2.05. The summed E-state index contributed by atoms with van der Waals surface area (Å²) in [7, 11) is 0. The molecule has 1 aliphatic heterocycles. The molecule has 5 rings (SSSR count). The van der Waals surface area contributed by atoms with Gasteiger partial charge in [0.05, 0.1) is 21.5 Å². The minimum absolute atomic E-state index is 0.218. The van der Waals surface area contributed by atoms with Gasteiger partial charge in [0.2, 0.25) is 6.79 Å². The number of benzene rings is 2. The second-order valence-electron chi connectivity index (χ2n) is 7.22. The average molecular weight is 502 g/mol. The van der Waals surface area contributed by atoms with Crippen molar-refractivity contribution < 1.29 is 19.0 Å². The van der Waals surface area contributed by atoms with Crippen molar-refractivity contribution in [3.05, 3.63) is 86.2 Å². The van der Waals surface area contributed by atoms with Crippen LogP contribution in [-0.4, -0.2) is 22.5 Å². The highest BCUT2D eigenvalue weighted by Crippen LogP contribution is 2.35. The van der Waals surface area contributed by atoms with Gasteiger partial charge in [0.15, 0.2) is 17.3 Å². The molecular weight excluding hydrogens is 485 g/mol. The van der Waals surface area contributed by atoms with Gasteiger partial charge < -0.3 is 19.5 Å². The fraction of sp³-hybridized carbons (Fsp3) is 0.130. The first kappa shape index (κ1) is 21.6. The molecule has 2 aromatic heterocycles. The number of hydrogen-bond acceptors (Lipinski definition) is 6. The number of halogens is 2. The van der Waals surface area contributed by atoms with Gasteiger partial charge in [-0.1, -0.05) is 29.3 Å². The van der Waals surface area contributed by atoms with Crippen LogP contribution in [0.1, 0.15) is 20.8 Å². The lowest BCUT2D eigenvalue weighted by Crippen LogP contribution is -2.11. The van der Waals surface area contributed by atoms with Gasteiger partial charge in [-0.3, -0.25) is 9.48 Å². The van der Waals surface area contributed by atoms with E-state index in [1.807, 2.05) is 23.6 Å². The maximum atomic E-state index is 12.6. The van der Waals surface area contributed by atoms with E-state index in [1.165, 1.54) is 11.3 Å². The van der Waals surface area contributed by atoms with Crippen LogP contribution in [0.25, 0.3) is 0 Å². The molecule has 7 nitrogen and oxygen atoms in total. The molecule has 2 aromatic carbocycles. The highest BCUT2D eigenvalue weighted by atomic mass is 35.5. The number of ether oxygens (including phenoxy) is 3. The monoisotopic (exact) mass is 501 g/mol. The largest absolute Gasteiger partial charge is 0.489 e. The Hall–Kier alpha value is -3.20. The molecule has 168 valence electrons. The molecule has 0 spiro atoms. The van der Waals surface area contributed by atoms with Gasteiger partial charge in [0.1, 0.15) is 12.4 Å². The molecule has 0 bridgehead atoms. The first-order valence-electron chi connectivity index (χ1n) is 9.92. The van der Waals surface area contributed by atoms with Crippen LogP contribution in [0.15, 0.2) is 60.1 Å². The second kappa shape index (κ2) is 9.35. The fourth-order valence-corrected chi connectivity index (χ4v) is 4.34. The SMILES string of the molecule is O=C(Nc1ccn(Cc2ccc(Cl)c(Cl)c2)n1)c1cc(COc2ccc3c(c2)OCO3)cs1. The summed E-state index contributed by atoms with van der Waals surface area (Å²) < 4.78 is 18.2. The highest BCUT2D eigenvalue weighted by molar-refractivity contribution is 7.12. The molecule has 0 radical (unpaired) electrons. The highest BCUT2D eigenvalue weighted by Gasteiger charge is 2.15. The van der Waals surface area contributed by atoms with Crippen LogP contribution >= 0.6 is 34.5 Å². The molecule has 3 heterocycles. The topological polar surface area (TPSA) is 74.6 Å². The van der Waals surface area contributed by atoms with Crippen LogP contribution in [0, 0.1) is 0 Å². The van der Waals surface area contributed by atoms with Crippen molar-refractivity contribution in [2.45, 2.75) is 13.2 Å². The van der Waals surface area contributed by atoms with Crippen molar-refractivity contribution in [1.82, 2.24) is 9.78 Å². The van der Waals surface area contributed by atoms with Gasteiger partial charge >= 0.3 is 0 Å². The number of carbonyl (C=O) groups excluding carboxylic acids is 1. The quantitative estimate of drug-likeness (QED) is 0.343. The van der Waals surface area contributed by atoms with Crippen molar-refractivity contribution in [1.29, 1.82) is 0 Å². The van der Waals surface area contributed by atoms with Crippen LogP contribution in [0.4, 0.5) is 5.82 Å². The molecule has 33 heavy (non-hydrogen) atoms. The fourth-order valence-electron chi connectivity index (χ4n) is 3.22. The zero-order valence-corrected chi connectivity index (χ0v) is 19.4. The van der Waals surface area contributed by atoms with Gasteiger partial charge in [-0.15, -0.1) is 11.3 Å². The van der Waals surface area contributed by atoms with Gasteiger partial charge in [-0.2, -0.15) is 5.10 Å². The molecule has 4 aromatic rings. The molecule has 10 heteroatoms. The van der Waals surface area contributed by atoms with Crippen molar-refractivity contribution in [3.63, 3.8) is 0 Å². The second-order valence-corrected chi connectivity index (χ2v) is 8.95. The van der Waals surface area contributed by atoms with Crippen molar-refractivity contribution in [3.8, 4) is 17.2 Å². The smallest absolute Gasteiger partial charge is 0.266 e. The summed E-state index contributed by atoms with van der Waals surface area (Å²) in [6, 6.07) is 14.4. The van der Waals surface area contributed by atoms with E-state index in [0.29, 0.717) is 51.1 Å². The predicted molar refractivity (Wildman–Crippen MR) is 127 cm³/mol. The Labute approximate surface area is 203 Å². The molecule has 1 amide bonds. The van der Waals surface area contributed by atoms with Gasteiger partial charge in [-0.25, -0.2) is 0 Å². The Bertz CT molecular complexity index is 1320. The molecule has 1 N–H and O–H groups in total.